The molecule has 3 rings (SSSR count). The molecule has 24 heavy (non-hydrogen) atoms. The Balaban J connectivity index is 0.00000208. The molecule has 0 saturated heterocycles. The molecule has 0 bridgehead atoms. The van der Waals surface area contributed by atoms with Gasteiger partial charge in [-0.15, -0.1) is 0 Å². The van der Waals surface area contributed by atoms with E-state index in [4.69, 9.17) is 0 Å². The summed E-state index contributed by atoms with van der Waals surface area (Å²) in [7, 11) is -4.49. The second-order valence-electron chi connectivity index (χ2n) is 4.78. The van der Waals surface area contributed by atoms with Crippen molar-refractivity contribution < 1.29 is 47.6 Å². The van der Waals surface area contributed by atoms with Gasteiger partial charge < -0.3 is 5.11 Å². The van der Waals surface area contributed by atoms with Gasteiger partial charge in [-0.3, -0.25) is 4.55 Å². The average molecular weight is 350 g/mol. The summed E-state index contributed by atoms with van der Waals surface area (Å²) in [6.45, 7) is 0. The number of hydrogen-bond donors (Lipinski definition) is 1. The minimum absolute atomic E-state index is 0. The molecule has 0 aliphatic rings. The predicted octanol–water partition coefficient (Wildman–Crippen LogP) is 0.579. The van der Waals surface area contributed by atoms with E-state index in [1.165, 1.54) is 12.1 Å². The van der Waals surface area contributed by atoms with E-state index in [1.54, 1.807) is 36.4 Å². The van der Waals surface area contributed by atoms with Crippen LogP contribution in [0.15, 0.2) is 75.8 Å². The fourth-order valence-corrected chi connectivity index (χ4v) is 2.91. The first-order valence-corrected chi connectivity index (χ1v) is 8.08. The van der Waals surface area contributed by atoms with Crippen molar-refractivity contribution in [3.05, 3.63) is 60.7 Å². The first kappa shape index (κ1) is 18.6. The number of hydrogen-bond acceptors (Lipinski definition) is 5. The summed E-state index contributed by atoms with van der Waals surface area (Å²) in [5, 5.41) is 20.5. The van der Waals surface area contributed by atoms with E-state index in [0.717, 1.165) is 6.07 Å². The van der Waals surface area contributed by atoms with Crippen molar-refractivity contribution in [1.29, 1.82) is 0 Å². The molecule has 3 aromatic rings. The summed E-state index contributed by atoms with van der Waals surface area (Å²) in [6.07, 6.45) is 0. The van der Waals surface area contributed by atoms with Crippen LogP contribution in [0.3, 0.4) is 0 Å². The van der Waals surface area contributed by atoms with Gasteiger partial charge in [-0.1, -0.05) is 48.2 Å². The normalized spacial score (nSPS) is 11.5. The van der Waals surface area contributed by atoms with Crippen LogP contribution in [-0.4, -0.2) is 13.0 Å². The Morgan fingerprint density at radius 2 is 1.46 bits per heavy atom. The van der Waals surface area contributed by atoms with E-state index in [9.17, 15) is 18.1 Å². The van der Waals surface area contributed by atoms with Crippen LogP contribution in [-0.2, 0) is 10.1 Å². The molecule has 3 aromatic carbocycles. The van der Waals surface area contributed by atoms with Crippen molar-refractivity contribution in [2.75, 3.05) is 0 Å². The summed E-state index contributed by atoms with van der Waals surface area (Å²) in [6, 6.07) is 15.9. The molecule has 0 heterocycles. The number of nitrogens with zero attached hydrogens (tertiary/aromatic N) is 2. The van der Waals surface area contributed by atoms with Gasteiger partial charge in [-0.2, -0.15) is 18.6 Å². The zero-order chi connectivity index (χ0) is 16.4. The topological polar surface area (TPSA) is 102 Å². The van der Waals surface area contributed by atoms with Gasteiger partial charge in [0.05, 0.1) is 11.4 Å². The Hall–Kier alpha value is -1.77. The molecule has 0 atom stereocenters. The smallest absolute Gasteiger partial charge is 0.871 e. The first-order chi connectivity index (χ1) is 11.0. The predicted molar refractivity (Wildman–Crippen MR) is 83.8 cm³/mol. The van der Waals surface area contributed by atoms with Crippen LogP contribution in [0, 0.1) is 0 Å². The van der Waals surface area contributed by atoms with Crippen LogP contribution in [0.5, 0.6) is 5.75 Å². The maximum Gasteiger partial charge on any atom is 1.00 e. The molecule has 116 valence electrons. The van der Waals surface area contributed by atoms with Gasteiger partial charge in [0, 0.05) is 5.39 Å². The Morgan fingerprint density at radius 1 is 0.875 bits per heavy atom. The van der Waals surface area contributed by atoms with Crippen LogP contribution in [0.1, 0.15) is 0 Å². The minimum atomic E-state index is -4.49. The Morgan fingerprint density at radius 3 is 2.08 bits per heavy atom. The van der Waals surface area contributed by atoms with Gasteiger partial charge in [-0.25, -0.2) is 0 Å². The fourth-order valence-electron chi connectivity index (χ4n) is 2.20. The minimum Gasteiger partial charge on any atom is -0.871 e. The van der Waals surface area contributed by atoms with Crippen molar-refractivity contribution in [3.8, 4) is 5.75 Å². The molecule has 6 nitrogen and oxygen atoms in total. The zero-order valence-corrected chi connectivity index (χ0v) is 15.6. The van der Waals surface area contributed by atoms with E-state index in [0.29, 0.717) is 5.69 Å². The molecule has 0 aliphatic heterocycles. The van der Waals surface area contributed by atoms with Crippen molar-refractivity contribution in [2.24, 2.45) is 10.2 Å². The van der Waals surface area contributed by atoms with E-state index >= 15 is 0 Å². The van der Waals surface area contributed by atoms with Gasteiger partial charge >= 0.3 is 29.6 Å². The van der Waals surface area contributed by atoms with Gasteiger partial charge in [0.1, 0.15) is 4.90 Å². The Labute approximate surface area is 160 Å². The van der Waals surface area contributed by atoms with Crippen molar-refractivity contribution in [3.63, 3.8) is 0 Å². The van der Waals surface area contributed by atoms with Crippen molar-refractivity contribution in [1.82, 2.24) is 0 Å². The number of benzene rings is 3. The second kappa shape index (κ2) is 7.42. The Kier molecular flexibility index (Phi) is 5.74. The molecule has 0 spiro atoms. The molecule has 1 N–H and O–H groups in total. The third-order valence-electron chi connectivity index (χ3n) is 3.24. The van der Waals surface area contributed by atoms with Crippen LogP contribution in [0.25, 0.3) is 10.8 Å². The van der Waals surface area contributed by atoms with E-state index in [2.05, 4.69) is 10.2 Å². The average Bonchev–Trinajstić information content (AvgIpc) is 2.54. The van der Waals surface area contributed by atoms with Crippen LogP contribution in [0.2, 0.25) is 0 Å². The zero-order valence-electron chi connectivity index (χ0n) is 12.7. The third-order valence-corrected chi connectivity index (χ3v) is 4.14. The second-order valence-corrected chi connectivity index (χ2v) is 6.17. The van der Waals surface area contributed by atoms with Crippen LogP contribution >= 0.6 is 0 Å². The third kappa shape index (κ3) is 3.82. The molecular weight excluding hydrogens is 339 g/mol. The number of fused-ring (bicyclic) bond motifs is 1. The fraction of sp³-hybridized carbons (Fsp3) is 0. The number of azo groups is 1. The largest absolute Gasteiger partial charge is 1.00 e. The van der Waals surface area contributed by atoms with E-state index in [1.807, 2.05) is 6.07 Å². The van der Waals surface area contributed by atoms with Gasteiger partial charge in [0.25, 0.3) is 10.1 Å². The molecule has 0 saturated carbocycles. The molecule has 0 aliphatic carbocycles. The maximum atomic E-state index is 12.4. The molecule has 0 radical (unpaired) electrons. The summed E-state index contributed by atoms with van der Waals surface area (Å²) < 4.78 is 32.5. The van der Waals surface area contributed by atoms with Crippen LogP contribution < -0.4 is 34.7 Å². The van der Waals surface area contributed by atoms with Crippen molar-refractivity contribution >= 4 is 32.3 Å². The summed E-state index contributed by atoms with van der Waals surface area (Å²) >= 11 is 0. The van der Waals surface area contributed by atoms with E-state index in [-0.39, 0.29) is 50.9 Å². The summed E-state index contributed by atoms with van der Waals surface area (Å²) in [5.41, 5.74) is 0.369. The Bertz CT molecular complexity index is 1010. The van der Waals surface area contributed by atoms with Crippen LogP contribution in [0.4, 0.5) is 11.4 Å². The molecule has 8 heteroatoms. The quantitative estimate of drug-likeness (QED) is 0.424. The maximum absolute atomic E-state index is 12.4. The monoisotopic (exact) mass is 350 g/mol. The van der Waals surface area contributed by atoms with Gasteiger partial charge in [0.15, 0.2) is 0 Å². The summed E-state index contributed by atoms with van der Waals surface area (Å²) in [5.74, 6) is -0.451. The summed E-state index contributed by atoms with van der Waals surface area (Å²) in [4.78, 5) is -0.366. The standard InChI is InChI=1S/C16H12N2O4S.Na/c19-16-13-9-5-4-8-12(13)15(23(20,21)22)10-14(16)18-17-11-6-2-1-3-7-11;/h1-10,19H,(H,20,21,22);/q;+1/p-1. The molecule has 0 aromatic heterocycles. The van der Waals surface area contributed by atoms with Crippen molar-refractivity contribution in [2.45, 2.75) is 4.90 Å². The molecular formula is C16H11N2NaO4S. The number of rotatable bonds is 3. The molecule has 0 unspecified atom stereocenters. The van der Waals surface area contributed by atoms with Gasteiger partial charge in [0.2, 0.25) is 0 Å². The SMILES string of the molecule is O=S(=O)(O)c1cc(N=Nc2ccccc2)c([O-])c2ccccc12.[Na+]. The molecule has 0 amide bonds. The van der Waals surface area contributed by atoms with Gasteiger partial charge in [-0.05, 0) is 23.6 Å². The van der Waals surface area contributed by atoms with E-state index < -0.39 is 15.9 Å². The first-order valence-electron chi connectivity index (χ1n) is 6.64. The molecule has 0 fully saturated rings.